The summed E-state index contributed by atoms with van der Waals surface area (Å²) in [5.41, 5.74) is -1.43. The lowest BCUT2D eigenvalue weighted by Crippen LogP contribution is -2.64. The van der Waals surface area contributed by atoms with Gasteiger partial charge in [0.05, 0.1) is 59.5 Å². The Labute approximate surface area is 762 Å². The molecule has 3 heterocycles. The number of thioether (sulfide) groups is 1. The molecule has 3 saturated heterocycles. The van der Waals surface area contributed by atoms with Gasteiger partial charge in [0.2, 0.25) is 70.9 Å². The standard InChI is InChI=1S/C86H154N12O30S/c1-58(2)129-51-24-33-69(109)88-38-20-13-12-19-37-87-65(105)28-14-10-8-6-7-9-11-15-32-73(113)98-86(55-120-48-34-70(110)92-42-25-39-89-66(106)29-16-21-45-123-83-74(95-59(3)102)80(117)77(114)62(52-99)126-83,56-121-49-35-71(111)93-43-26-40-90-67(107)30-17-22-46-124-84-75(96-60(4)103)81(118)78(115)63(53-100)127-84)57-122-50-36-72(112)94-44-27-41-91-68(108)31-18-23-47-125-85-76(97-61(5)104)82(119)79(116)64(54-101)128-85/h24,33,58,62-64,74-85,99-101,114-119H,6-23,25-32,34-57H2,1-5H3,(H,87,105)(H,88,109)(H,89,106)(H,90,107)(H,91,108)(H,92,110)(H,93,111)(H,94,112)(H,95,102)(H,96,103)(H,97,104)(H,98,113)/b33-24+/t62?,63?,64?,74?,75?,76?,77-,78-,79-,80?,81?,82?,83-,84-,85-,86?/m1/s1. The summed E-state index contributed by atoms with van der Waals surface area (Å²) in [6, 6.07) is -3.30. The van der Waals surface area contributed by atoms with Crippen molar-refractivity contribution >= 4 is 82.6 Å². The minimum Gasteiger partial charge on any atom is -0.394 e. The van der Waals surface area contributed by atoms with E-state index < -0.39 is 135 Å². The summed E-state index contributed by atoms with van der Waals surface area (Å²) >= 11 is 1.77. The van der Waals surface area contributed by atoms with E-state index in [1.54, 1.807) is 17.8 Å². The molecule has 0 saturated carbocycles. The normalized spacial score (nSPS) is 22.6. The van der Waals surface area contributed by atoms with Crippen LogP contribution in [0.3, 0.4) is 0 Å². The molecule has 3 rings (SSSR count). The highest BCUT2D eigenvalue weighted by atomic mass is 32.2. The van der Waals surface area contributed by atoms with Crippen LogP contribution in [-0.2, 0) is 100 Å². The van der Waals surface area contributed by atoms with Crippen molar-refractivity contribution in [2.45, 2.75) is 324 Å². The molecular weight excluding hydrogens is 1710 g/mol. The molecule has 3 aliphatic heterocycles. The first kappa shape index (κ1) is 116. The van der Waals surface area contributed by atoms with Crippen molar-refractivity contribution in [1.29, 1.82) is 0 Å². The average Bonchev–Trinajstić information content (AvgIpc) is 0.816. The number of carbonyl (C=O) groups is 12. The Kier molecular flexibility index (Phi) is 63.7. The molecule has 15 atom stereocenters. The average molecular weight is 1870 g/mol. The van der Waals surface area contributed by atoms with Gasteiger partial charge in [-0.2, -0.15) is 11.8 Å². The molecule has 9 unspecified atom stereocenters. The summed E-state index contributed by atoms with van der Waals surface area (Å²) in [5, 5.41) is 125. The number of rotatable bonds is 74. The van der Waals surface area contributed by atoms with Crippen LogP contribution in [0.25, 0.3) is 0 Å². The molecule has 0 aromatic rings. The van der Waals surface area contributed by atoms with E-state index in [1.807, 2.05) is 6.08 Å². The van der Waals surface area contributed by atoms with Gasteiger partial charge in [0.1, 0.15) is 78.6 Å². The molecule has 0 spiro atoms. The lowest BCUT2D eigenvalue weighted by atomic mass is 9.97. The summed E-state index contributed by atoms with van der Waals surface area (Å²) in [5.74, 6) is -2.98. The predicted molar refractivity (Wildman–Crippen MR) is 472 cm³/mol. The van der Waals surface area contributed by atoms with Gasteiger partial charge in [-0.3, -0.25) is 57.5 Å². The van der Waals surface area contributed by atoms with Gasteiger partial charge in [0.15, 0.2) is 18.9 Å². The van der Waals surface area contributed by atoms with Crippen molar-refractivity contribution < 1.29 is 146 Å². The number of ether oxygens (including phenoxy) is 9. The molecule has 0 aliphatic carbocycles. The summed E-state index contributed by atoms with van der Waals surface area (Å²) in [4.78, 5) is 152. The zero-order chi connectivity index (χ0) is 95.0. The van der Waals surface area contributed by atoms with Crippen molar-refractivity contribution in [2.24, 2.45) is 0 Å². The Morgan fingerprint density at radius 1 is 0.333 bits per heavy atom. The number of carbonyl (C=O) groups excluding carboxylic acids is 12. The van der Waals surface area contributed by atoms with Crippen LogP contribution >= 0.6 is 11.8 Å². The van der Waals surface area contributed by atoms with E-state index in [-0.39, 0.29) is 197 Å². The topological polar surface area (TPSA) is 614 Å². The lowest BCUT2D eigenvalue weighted by molar-refractivity contribution is -0.270. The second-order valence-electron chi connectivity index (χ2n) is 32.8. The summed E-state index contributed by atoms with van der Waals surface area (Å²) in [7, 11) is 0. The van der Waals surface area contributed by atoms with Crippen LogP contribution < -0.4 is 63.8 Å². The zero-order valence-corrected chi connectivity index (χ0v) is 77.1. The van der Waals surface area contributed by atoms with E-state index in [0.29, 0.717) is 89.0 Å². The molecule has 0 aromatic heterocycles. The van der Waals surface area contributed by atoms with Gasteiger partial charge in [-0.1, -0.05) is 71.3 Å². The van der Waals surface area contributed by atoms with Crippen molar-refractivity contribution in [3.05, 3.63) is 12.2 Å². The Balaban J connectivity index is 1.58. The number of amides is 12. The third-order valence-corrected chi connectivity index (χ3v) is 22.1. The molecule has 42 nitrogen and oxygen atoms in total. The highest BCUT2D eigenvalue weighted by Gasteiger charge is 2.48. The number of aliphatic hydroxyl groups excluding tert-OH is 9. The van der Waals surface area contributed by atoms with Gasteiger partial charge in [0, 0.05) is 150 Å². The number of nitrogens with one attached hydrogen (secondary N) is 12. The fourth-order valence-corrected chi connectivity index (χ4v) is 14.5. The smallest absolute Gasteiger partial charge is 0.243 e. The molecule has 0 aromatic carbocycles. The highest BCUT2D eigenvalue weighted by Crippen LogP contribution is 2.27. The second kappa shape index (κ2) is 70.7. The first-order chi connectivity index (χ1) is 61.9. The van der Waals surface area contributed by atoms with E-state index in [1.165, 1.54) is 20.8 Å². The van der Waals surface area contributed by atoms with Gasteiger partial charge in [0.25, 0.3) is 0 Å². The van der Waals surface area contributed by atoms with Crippen molar-refractivity contribution in [3.63, 3.8) is 0 Å². The molecule has 3 aliphatic rings. The number of hydrogen-bond donors (Lipinski definition) is 21. The van der Waals surface area contributed by atoms with E-state index >= 15 is 0 Å². The van der Waals surface area contributed by atoms with Crippen molar-refractivity contribution in [1.82, 2.24) is 63.8 Å². The Morgan fingerprint density at radius 2 is 0.597 bits per heavy atom. The molecule has 43 heteroatoms. The van der Waals surface area contributed by atoms with E-state index in [9.17, 15) is 103 Å². The third kappa shape index (κ3) is 53.5. The molecule has 744 valence electrons. The SMILES string of the molecule is CC(=O)NC1C(O)[C@H](O)C(CO)O[C@H]1OCCCCC(=O)NCCCNC(=O)CCOCC(COCCC(=O)NCCCNC(=O)CCCCO[C@@H]1OC(CO)[C@@H](O)C(O)C1NC(C)=O)(COCCC(=O)NCCCNC(=O)CCCCO[C@@H]1OC(CO)[C@@H](O)C(O)C1NC(C)=O)NC(=O)CCCCCCCCCCC(=O)NCCCCCCNC(=O)/C=C/CSC(C)C. The van der Waals surface area contributed by atoms with Crippen molar-refractivity contribution in [2.75, 3.05) is 137 Å². The van der Waals surface area contributed by atoms with E-state index in [4.69, 9.17) is 42.6 Å². The highest BCUT2D eigenvalue weighted by molar-refractivity contribution is 8.00. The fraction of sp³-hybridized carbons (Fsp3) is 0.837. The van der Waals surface area contributed by atoms with E-state index in [2.05, 4.69) is 77.6 Å². The van der Waals surface area contributed by atoms with Crippen LogP contribution in [0.15, 0.2) is 12.2 Å². The molecule has 129 heavy (non-hydrogen) atoms. The molecule has 0 radical (unpaired) electrons. The van der Waals surface area contributed by atoms with Crippen molar-refractivity contribution in [3.8, 4) is 0 Å². The monoisotopic (exact) mass is 1870 g/mol. The van der Waals surface area contributed by atoms with Gasteiger partial charge >= 0.3 is 0 Å². The molecule has 21 N–H and O–H groups in total. The fourth-order valence-electron chi connectivity index (χ4n) is 13.9. The largest absolute Gasteiger partial charge is 0.394 e. The lowest BCUT2D eigenvalue weighted by Gasteiger charge is -2.42. The first-order valence-electron chi connectivity index (χ1n) is 45.9. The Hall–Kier alpha value is -6.99. The van der Waals surface area contributed by atoms with Crippen LogP contribution in [0.5, 0.6) is 0 Å². The molecular formula is C86H154N12O30S. The van der Waals surface area contributed by atoms with Crippen LogP contribution in [0.4, 0.5) is 0 Å². The van der Waals surface area contributed by atoms with Gasteiger partial charge in [-0.05, 0) is 94.8 Å². The van der Waals surface area contributed by atoms with Gasteiger partial charge < -0.3 is 152 Å². The van der Waals surface area contributed by atoms with Gasteiger partial charge in [-0.15, -0.1) is 0 Å². The second-order valence-corrected chi connectivity index (χ2v) is 34.5. The van der Waals surface area contributed by atoms with Gasteiger partial charge in [-0.25, -0.2) is 0 Å². The minimum absolute atomic E-state index is 0.0300. The molecule has 0 bridgehead atoms. The third-order valence-electron chi connectivity index (χ3n) is 21.0. The van der Waals surface area contributed by atoms with E-state index in [0.717, 1.165) is 76.4 Å². The molecule has 3 fully saturated rings. The maximum Gasteiger partial charge on any atom is 0.243 e. The van der Waals surface area contributed by atoms with Crippen LogP contribution in [0, 0.1) is 0 Å². The maximum atomic E-state index is 14.1. The minimum atomic E-state index is -1.47. The Bertz CT molecular complexity index is 2970. The van der Waals surface area contributed by atoms with Crippen LogP contribution in [-0.4, -0.2) is 357 Å². The Morgan fingerprint density at radius 3 is 0.891 bits per heavy atom. The predicted octanol–water partition coefficient (Wildman–Crippen LogP) is -2.29. The number of aliphatic hydroxyl groups is 9. The summed E-state index contributed by atoms with van der Waals surface area (Å²) in [6.07, 6.45) is 2.19. The quantitative estimate of drug-likeness (QED) is 0.0225. The zero-order valence-electron chi connectivity index (χ0n) is 76.3. The van der Waals surface area contributed by atoms with Crippen LogP contribution in [0.1, 0.15) is 221 Å². The number of hydrogen-bond acceptors (Lipinski definition) is 31. The number of unbranched alkanes of at least 4 members (excludes halogenated alkanes) is 13. The summed E-state index contributed by atoms with van der Waals surface area (Å²) < 4.78 is 52.3. The molecule has 12 amide bonds. The summed E-state index contributed by atoms with van der Waals surface area (Å²) in [6.45, 7) is 7.77. The maximum absolute atomic E-state index is 14.1. The van der Waals surface area contributed by atoms with Crippen LogP contribution in [0.2, 0.25) is 0 Å². The first-order valence-corrected chi connectivity index (χ1v) is 47.0.